The van der Waals surface area contributed by atoms with Gasteiger partial charge in [0.25, 0.3) is 0 Å². The number of rotatable bonds is 5. The predicted octanol–water partition coefficient (Wildman–Crippen LogP) is 16.0. The Bertz CT molecular complexity index is 4010. The van der Waals surface area contributed by atoms with Crippen molar-refractivity contribution in [2.24, 2.45) is 0 Å². The Morgan fingerprint density at radius 3 is 1.79 bits per heavy atom. The number of hydrogen-bond acceptors (Lipinski definition) is 5. The smallest absolute Gasteiger partial charge is 0.164 e. The molecule has 1 atom stereocenters. The maximum Gasteiger partial charge on any atom is 0.164 e. The number of aromatic nitrogens is 3. The monoisotopic (exact) mass is 859 g/mol. The number of fused-ring (bicyclic) bond motifs is 12. The molecule has 0 fully saturated rings. The highest BCUT2D eigenvalue weighted by molar-refractivity contribution is 6.08. The molecule has 0 aliphatic heterocycles. The molecule has 0 bridgehead atoms. The van der Waals surface area contributed by atoms with Crippen LogP contribution in [0.3, 0.4) is 0 Å². The summed E-state index contributed by atoms with van der Waals surface area (Å²) in [6, 6.07) is 69.4. The van der Waals surface area contributed by atoms with E-state index in [2.05, 4.69) is 147 Å². The molecule has 0 amide bonds. The summed E-state index contributed by atoms with van der Waals surface area (Å²) in [6.45, 7) is 4.69. The lowest BCUT2D eigenvalue weighted by Crippen LogP contribution is -2.15. The summed E-state index contributed by atoms with van der Waals surface area (Å²) in [4.78, 5) is 15.3. The van der Waals surface area contributed by atoms with Gasteiger partial charge in [-0.2, -0.15) is 0 Å². The molecule has 2 aliphatic carbocycles. The van der Waals surface area contributed by atoms with Crippen molar-refractivity contribution in [1.82, 2.24) is 15.0 Å². The van der Waals surface area contributed by atoms with Crippen LogP contribution in [0.25, 0.3) is 111 Å². The Hall–Kier alpha value is -8.41. The Balaban J connectivity index is 0.818. The lowest BCUT2D eigenvalue weighted by molar-refractivity contribution is 0.647. The fourth-order valence-electron chi connectivity index (χ4n) is 11.1. The molecule has 0 saturated carbocycles. The van der Waals surface area contributed by atoms with E-state index in [-0.39, 0.29) is 11.3 Å². The van der Waals surface area contributed by atoms with E-state index in [1.54, 1.807) is 0 Å². The standard InChI is InChI=1S/C62H41N3O2/c1-62(2)53-32-38(25-27-45(53)51-34-52-47-20-9-11-22-56(47)67-58(52)35-54(51)62)37-23-24-40-31-50(44-18-7-6-17-43(44)49(40)30-37)39-15-12-16-41(29-39)60-63-59(36-13-4-3-5-14-36)64-61(65-60)42-26-28-48-46-19-8-10-21-55(46)66-57(48)33-42/h3-30,32-35,50H,31H2,1-2H3. The Morgan fingerprint density at radius 2 is 0.985 bits per heavy atom. The third-order valence-electron chi connectivity index (χ3n) is 14.5. The first-order valence-corrected chi connectivity index (χ1v) is 23.1. The Morgan fingerprint density at radius 1 is 0.388 bits per heavy atom. The number of para-hydroxylation sites is 2. The van der Waals surface area contributed by atoms with Crippen LogP contribution in [0.2, 0.25) is 0 Å². The van der Waals surface area contributed by atoms with Gasteiger partial charge in [0, 0.05) is 49.6 Å². The Kier molecular flexibility index (Phi) is 8.09. The molecule has 0 saturated heterocycles. The molecule has 9 aromatic carbocycles. The van der Waals surface area contributed by atoms with Crippen molar-refractivity contribution in [1.29, 1.82) is 0 Å². The minimum Gasteiger partial charge on any atom is -0.456 e. The van der Waals surface area contributed by atoms with E-state index in [4.69, 9.17) is 23.8 Å². The third kappa shape index (κ3) is 5.91. The van der Waals surface area contributed by atoms with E-state index < -0.39 is 0 Å². The van der Waals surface area contributed by atoms with Gasteiger partial charge in [-0.25, -0.2) is 15.0 Å². The largest absolute Gasteiger partial charge is 0.456 e. The number of nitrogens with zero attached hydrogens (tertiary/aromatic N) is 3. The number of hydrogen-bond donors (Lipinski definition) is 0. The van der Waals surface area contributed by atoms with E-state index in [1.807, 2.05) is 60.7 Å². The summed E-state index contributed by atoms with van der Waals surface area (Å²) in [5.74, 6) is 2.01. The van der Waals surface area contributed by atoms with E-state index in [9.17, 15) is 0 Å². The highest BCUT2D eigenvalue weighted by Gasteiger charge is 2.37. The maximum atomic E-state index is 6.35. The molecule has 2 aliphatic rings. The van der Waals surface area contributed by atoms with Crippen molar-refractivity contribution in [3.05, 3.63) is 222 Å². The first-order valence-electron chi connectivity index (χ1n) is 23.1. The summed E-state index contributed by atoms with van der Waals surface area (Å²) < 4.78 is 12.6. The molecule has 1 unspecified atom stereocenters. The molecule has 3 heterocycles. The van der Waals surface area contributed by atoms with Crippen LogP contribution in [0.15, 0.2) is 203 Å². The van der Waals surface area contributed by atoms with Crippen LogP contribution in [0.1, 0.15) is 47.6 Å². The van der Waals surface area contributed by atoms with Crippen LogP contribution in [0.4, 0.5) is 0 Å². The molecule has 14 rings (SSSR count). The lowest BCUT2D eigenvalue weighted by Gasteiger charge is -2.29. The van der Waals surface area contributed by atoms with E-state index in [1.165, 1.54) is 66.6 Å². The highest BCUT2D eigenvalue weighted by Crippen LogP contribution is 2.52. The molecule has 5 nitrogen and oxygen atoms in total. The third-order valence-corrected chi connectivity index (χ3v) is 14.5. The van der Waals surface area contributed by atoms with Crippen molar-refractivity contribution in [2.45, 2.75) is 31.6 Å². The fraction of sp³-hybridized carbons (Fsp3) is 0.0806. The predicted molar refractivity (Wildman–Crippen MR) is 271 cm³/mol. The van der Waals surface area contributed by atoms with Gasteiger partial charge in [-0.05, 0) is 122 Å². The molecule has 3 aromatic heterocycles. The molecule has 5 heteroatoms. The maximum absolute atomic E-state index is 6.35. The summed E-state index contributed by atoms with van der Waals surface area (Å²) in [7, 11) is 0. The first-order chi connectivity index (χ1) is 32.9. The van der Waals surface area contributed by atoms with E-state index in [0.717, 1.165) is 61.6 Å². The number of benzene rings is 9. The van der Waals surface area contributed by atoms with Gasteiger partial charge in [-0.1, -0.05) is 153 Å². The minimum atomic E-state index is -0.174. The molecule has 0 radical (unpaired) electrons. The molecular formula is C62H41N3O2. The van der Waals surface area contributed by atoms with Crippen molar-refractivity contribution >= 4 is 43.9 Å². The zero-order valence-corrected chi connectivity index (χ0v) is 36.9. The summed E-state index contributed by atoms with van der Waals surface area (Å²) in [5, 5.41) is 4.50. The van der Waals surface area contributed by atoms with Crippen LogP contribution in [-0.4, -0.2) is 15.0 Å². The Labute approximate surface area is 387 Å². The molecule has 12 aromatic rings. The van der Waals surface area contributed by atoms with Crippen molar-refractivity contribution in [2.75, 3.05) is 0 Å². The SMILES string of the molecule is CC1(C)c2cc(-c3ccc4c(c3)-c3ccccc3C(c3cccc(-c5nc(-c6ccccc6)nc(-c6ccc7c(c6)oc6ccccc67)n5)c3)C4)ccc2-c2cc3c(cc21)oc1ccccc13. The molecule has 0 N–H and O–H groups in total. The van der Waals surface area contributed by atoms with Gasteiger partial charge in [0.2, 0.25) is 0 Å². The molecule has 0 spiro atoms. The van der Waals surface area contributed by atoms with Gasteiger partial charge in [-0.3, -0.25) is 0 Å². The van der Waals surface area contributed by atoms with Gasteiger partial charge >= 0.3 is 0 Å². The average Bonchev–Trinajstić information content (AvgIpc) is 4.02. The van der Waals surface area contributed by atoms with Gasteiger partial charge in [0.15, 0.2) is 17.5 Å². The second kappa shape index (κ2) is 14.3. The lowest BCUT2D eigenvalue weighted by atomic mass is 9.75. The van der Waals surface area contributed by atoms with Crippen molar-refractivity contribution in [3.8, 4) is 67.5 Å². The highest BCUT2D eigenvalue weighted by atomic mass is 16.3. The van der Waals surface area contributed by atoms with Crippen LogP contribution < -0.4 is 0 Å². The van der Waals surface area contributed by atoms with Gasteiger partial charge in [-0.15, -0.1) is 0 Å². The first kappa shape index (κ1) is 37.9. The summed E-state index contributed by atoms with van der Waals surface area (Å²) in [6.07, 6.45) is 0.883. The molecular weight excluding hydrogens is 819 g/mol. The second-order valence-corrected chi connectivity index (χ2v) is 18.7. The minimum absolute atomic E-state index is 0.150. The molecule has 316 valence electrons. The normalized spacial score (nSPS) is 14.6. The van der Waals surface area contributed by atoms with Crippen LogP contribution in [0, 0.1) is 0 Å². The zero-order chi connectivity index (χ0) is 44.4. The second-order valence-electron chi connectivity index (χ2n) is 18.7. The van der Waals surface area contributed by atoms with Crippen LogP contribution in [-0.2, 0) is 11.8 Å². The van der Waals surface area contributed by atoms with Gasteiger partial charge in [0.1, 0.15) is 22.3 Å². The fourth-order valence-corrected chi connectivity index (χ4v) is 11.1. The van der Waals surface area contributed by atoms with Crippen molar-refractivity contribution in [3.63, 3.8) is 0 Å². The summed E-state index contributed by atoms with van der Waals surface area (Å²) >= 11 is 0. The van der Waals surface area contributed by atoms with Crippen LogP contribution in [0.5, 0.6) is 0 Å². The zero-order valence-electron chi connectivity index (χ0n) is 36.9. The van der Waals surface area contributed by atoms with Crippen molar-refractivity contribution < 1.29 is 8.83 Å². The van der Waals surface area contributed by atoms with E-state index >= 15 is 0 Å². The van der Waals surface area contributed by atoms with Gasteiger partial charge in [0.05, 0.1) is 0 Å². The average molecular weight is 860 g/mol. The topological polar surface area (TPSA) is 65.0 Å². The molecule has 67 heavy (non-hydrogen) atoms. The van der Waals surface area contributed by atoms with Crippen LogP contribution >= 0.6 is 0 Å². The van der Waals surface area contributed by atoms with Gasteiger partial charge < -0.3 is 8.83 Å². The summed E-state index contributed by atoms with van der Waals surface area (Å²) in [5.41, 5.74) is 20.3. The van der Waals surface area contributed by atoms with E-state index in [0.29, 0.717) is 17.5 Å². The quantitative estimate of drug-likeness (QED) is 0.172. The number of furan rings is 2.